The van der Waals surface area contributed by atoms with E-state index in [1.807, 2.05) is 0 Å². The van der Waals surface area contributed by atoms with E-state index in [9.17, 15) is 25.0 Å². The fraction of sp³-hybridized carbons (Fsp3) is 0.500. The quantitative estimate of drug-likeness (QED) is 0.185. The van der Waals surface area contributed by atoms with Crippen LogP contribution in [0.1, 0.15) is 41.5 Å². The molecular weight excluding hydrogens is 562 g/mol. The average Bonchev–Trinajstić information content (AvgIpc) is 3.02. The summed E-state index contributed by atoms with van der Waals surface area (Å²) in [6, 6.07) is 15.8. The van der Waals surface area contributed by atoms with E-state index in [2.05, 4.69) is 10.0 Å². The number of esters is 2. The summed E-state index contributed by atoms with van der Waals surface area (Å²) in [5, 5.41) is 14.7. The van der Waals surface area contributed by atoms with Gasteiger partial charge in [0.05, 0.1) is 29.4 Å². The van der Waals surface area contributed by atoms with Gasteiger partial charge in [-0.25, -0.2) is 9.59 Å². The zero-order chi connectivity index (χ0) is 31.1. The second kappa shape index (κ2) is 14.6. The van der Waals surface area contributed by atoms with E-state index >= 15 is 0 Å². The number of azide groups is 1. The van der Waals surface area contributed by atoms with Crippen molar-refractivity contribution < 1.29 is 47.9 Å². The monoisotopic (exact) mass is 597 g/mol. The van der Waals surface area contributed by atoms with Gasteiger partial charge in [-0.2, -0.15) is 0 Å². The van der Waals surface area contributed by atoms with Gasteiger partial charge in [-0.3, -0.25) is 4.79 Å². The van der Waals surface area contributed by atoms with E-state index in [-0.39, 0.29) is 12.2 Å². The molecule has 2 aromatic carbocycles. The molecule has 2 aliphatic heterocycles. The molecule has 0 spiro atoms. The van der Waals surface area contributed by atoms with Gasteiger partial charge in [0.2, 0.25) is 0 Å². The normalized spacial score (nSPS) is 32.2. The van der Waals surface area contributed by atoms with Crippen molar-refractivity contribution in [2.45, 2.75) is 69.9 Å². The molecule has 4 unspecified atom stereocenters. The predicted octanol–water partition coefficient (Wildman–Crippen LogP) is 3.45. The first-order valence-electron chi connectivity index (χ1n) is 13.9. The first-order valence-corrected chi connectivity index (χ1v) is 13.9. The Morgan fingerprint density at radius 3 is 2.07 bits per heavy atom. The minimum Gasteiger partial charge on any atom is -0.459 e. The van der Waals surface area contributed by atoms with Crippen LogP contribution in [0.4, 0.5) is 0 Å². The molecule has 0 amide bonds. The highest BCUT2D eigenvalue weighted by molar-refractivity contribution is 5.90. The van der Waals surface area contributed by atoms with Gasteiger partial charge in [-0.05, 0) is 42.6 Å². The van der Waals surface area contributed by atoms with Gasteiger partial charge < -0.3 is 33.5 Å². The summed E-state index contributed by atoms with van der Waals surface area (Å²) in [6.45, 7) is 4.35. The summed E-state index contributed by atoms with van der Waals surface area (Å²) in [6.07, 6.45) is -7.97. The van der Waals surface area contributed by atoms with E-state index in [1.54, 1.807) is 74.5 Å². The molecule has 13 heteroatoms. The average molecular weight is 598 g/mol. The summed E-state index contributed by atoms with van der Waals surface area (Å²) in [5.74, 6) is -3.11. The second-order valence-corrected chi connectivity index (χ2v) is 10.5. The molecular formula is C30H35N3O10. The van der Waals surface area contributed by atoms with Gasteiger partial charge in [0, 0.05) is 17.9 Å². The highest BCUT2D eigenvalue weighted by Crippen LogP contribution is 2.36. The zero-order valence-electron chi connectivity index (χ0n) is 24.2. The smallest absolute Gasteiger partial charge is 0.338 e. The number of benzene rings is 2. The summed E-state index contributed by atoms with van der Waals surface area (Å²) in [5.41, 5.74) is 9.82. The van der Waals surface area contributed by atoms with Crippen LogP contribution < -0.4 is 0 Å². The van der Waals surface area contributed by atoms with Crippen LogP contribution in [0.3, 0.4) is 0 Å². The van der Waals surface area contributed by atoms with Crippen LogP contribution in [0.15, 0.2) is 65.8 Å². The van der Waals surface area contributed by atoms with E-state index in [0.717, 1.165) is 0 Å². The Morgan fingerprint density at radius 1 is 0.907 bits per heavy atom. The number of ketones is 1. The molecule has 2 aliphatic rings. The molecule has 0 radical (unpaired) electrons. The highest BCUT2D eigenvalue weighted by Gasteiger charge is 2.52. The molecule has 1 N–H and O–H groups in total. The first kappa shape index (κ1) is 32.1. The first-order chi connectivity index (χ1) is 20.7. The minimum absolute atomic E-state index is 0.267. The Morgan fingerprint density at radius 2 is 1.51 bits per heavy atom. The van der Waals surface area contributed by atoms with Crippen LogP contribution in [0.2, 0.25) is 0 Å². The molecule has 43 heavy (non-hydrogen) atoms. The van der Waals surface area contributed by atoms with Crippen LogP contribution in [0.25, 0.3) is 10.4 Å². The predicted molar refractivity (Wildman–Crippen MR) is 150 cm³/mol. The van der Waals surface area contributed by atoms with Gasteiger partial charge in [0.25, 0.3) is 0 Å². The summed E-state index contributed by atoms with van der Waals surface area (Å²) < 4.78 is 35.1. The maximum Gasteiger partial charge on any atom is 0.338 e. The Kier molecular flexibility index (Phi) is 10.9. The Hall–Kier alpha value is -3.84. The number of hydrogen-bond acceptors (Lipinski definition) is 11. The standard InChI is InChI=1S/C30H35N3O10/c1-16-22(32-33-31)29(38-4)40-21(15-39-27(36)19-11-7-5-8-12-19)24(16)42-30-25(17(2)23(35)26(43-30)18(3)34)41-28(37)20-13-9-6-10-14-20/h5-14,16-17,21-26,29-30,35H,15H2,1-4H3/t16-,17+,21?,22?,23+,24+,25?,26?,29+,30-/m1/s1. The van der Waals surface area contributed by atoms with Crippen LogP contribution in [0.5, 0.6) is 0 Å². The van der Waals surface area contributed by atoms with E-state index in [1.165, 1.54) is 14.0 Å². The third kappa shape index (κ3) is 7.39. The lowest BCUT2D eigenvalue weighted by atomic mass is 9.87. The second-order valence-electron chi connectivity index (χ2n) is 10.5. The fourth-order valence-corrected chi connectivity index (χ4v) is 5.24. The lowest BCUT2D eigenvalue weighted by Gasteiger charge is -2.47. The molecule has 4 rings (SSSR count). The van der Waals surface area contributed by atoms with Crippen molar-refractivity contribution in [1.82, 2.24) is 0 Å². The topological polar surface area (TPSA) is 176 Å². The Balaban J connectivity index is 1.63. The molecule has 0 aliphatic carbocycles. The van der Waals surface area contributed by atoms with Gasteiger partial charge >= 0.3 is 11.9 Å². The van der Waals surface area contributed by atoms with Gasteiger partial charge in [0.1, 0.15) is 18.8 Å². The minimum atomic E-state index is -1.35. The molecule has 2 heterocycles. The Bertz CT molecular complexity index is 1310. The number of methoxy groups -OCH3 is 1. The number of carbonyl (C=O) groups excluding carboxylic acids is 3. The number of aliphatic hydroxyl groups excluding tert-OH is 1. The fourth-order valence-electron chi connectivity index (χ4n) is 5.24. The largest absolute Gasteiger partial charge is 0.459 e. The third-order valence-corrected chi connectivity index (χ3v) is 7.68. The third-order valence-electron chi connectivity index (χ3n) is 7.68. The highest BCUT2D eigenvalue weighted by atomic mass is 16.7. The number of ether oxygens (including phenoxy) is 6. The molecule has 230 valence electrons. The molecule has 10 atom stereocenters. The summed E-state index contributed by atoms with van der Waals surface area (Å²) >= 11 is 0. The van der Waals surface area contributed by atoms with E-state index in [0.29, 0.717) is 5.56 Å². The van der Waals surface area contributed by atoms with Crippen molar-refractivity contribution in [2.24, 2.45) is 17.0 Å². The molecule has 2 saturated heterocycles. The van der Waals surface area contributed by atoms with Crippen molar-refractivity contribution in [1.29, 1.82) is 0 Å². The zero-order valence-corrected chi connectivity index (χ0v) is 24.2. The number of aliphatic hydroxyl groups is 1. The molecule has 0 saturated carbocycles. The van der Waals surface area contributed by atoms with Crippen LogP contribution in [-0.4, -0.2) is 85.7 Å². The van der Waals surface area contributed by atoms with Gasteiger partial charge in [-0.1, -0.05) is 55.4 Å². The number of carbonyl (C=O) groups is 3. The van der Waals surface area contributed by atoms with Crippen molar-refractivity contribution in [3.05, 3.63) is 82.2 Å². The van der Waals surface area contributed by atoms with Crippen molar-refractivity contribution >= 4 is 17.7 Å². The number of nitrogens with zero attached hydrogens (tertiary/aromatic N) is 3. The number of Topliss-reactive ketones (excluding diaryl/α,β-unsaturated/α-hetero) is 1. The maximum absolute atomic E-state index is 13.0. The van der Waals surface area contributed by atoms with Crippen LogP contribution >= 0.6 is 0 Å². The number of hydrogen-bond donors (Lipinski definition) is 1. The van der Waals surface area contributed by atoms with E-state index in [4.69, 9.17) is 28.4 Å². The van der Waals surface area contributed by atoms with Crippen molar-refractivity contribution in [3.8, 4) is 0 Å². The summed E-state index contributed by atoms with van der Waals surface area (Å²) in [4.78, 5) is 41.1. The number of rotatable bonds is 10. The van der Waals surface area contributed by atoms with Gasteiger partial charge in [-0.15, -0.1) is 0 Å². The Labute approximate surface area is 248 Å². The molecule has 2 fully saturated rings. The van der Waals surface area contributed by atoms with Gasteiger partial charge in [0.15, 0.2) is 24.5 Å². The van der Waals surface area contributed by atoms with Crippen LogP contribution in [-0.2, 0) is 33.2 Å². The van der Waals surface area contributed by atoms with Crippen molar-refractivity contribution in [3.63, 3.8) is 0 Å². The maximum atomic E-state index is 13.0. The molecule has 0 bridgehead atoms. The molecule has 2 aromatic rings. The lowest BCUT2D eigenvalue weighted by Crippen LogP contribution is -2.61. The molecule has 0 aromatic heterocycles. The van der Waals surface area contributed by atoms with Crippen LogP contribution in [0, 0.1) is 11.8 Å². The SMILES string of the molecule is CO[C@H]1OC(COC(=O)c2ccccc2)[C@@H](O[C@@H]2OC(C(C)=O)[C@@H](O)[C@H](C)C2OC(=O)c2ccccc2)[C@H](C)C1N=[N+]=[N-]. The summed E-state index contributed by atoms with van der Waals surface area (Å²) in [7, 11) is 1.38. The molecule has 13 nitrogen and oxygen atoms in total. The van der Waals surface area contributed by atoms with E-state index < -0.39 is 78.7 Å². The van der Waals surface area contributed by atoms with Crippen molar-refractivity contribution in [2.75, 3.05) is 13.7 Å². The lowest BCUT2D eigenvalue weighted by molar-refractivity contribution is -0.325.